The maximum absolute atomic E-state index is 14.0. The first-order valence-corrected chi connectivity index (χ1v) is 19.8. The van der Waals surface area contributed by atoms with Crippen molar-refractivity contribution in [1.29, 1.82) is 0 Å². The molecular formula is C40H30Br4F8N6O4. The molecule has 0 unspecified atom stereocenters. The molecule has 4 heterocycles. The molecule has 0 amide bonds. The van der Waals surface area contributed by atoms with Crippen LogP contribution < -0.4 is 31.0 Å². The lowest BCUT2D eigenvalue weighted by Gasteiger charge is -2.13. The molecule has 22 heteroatoms. The van der Waals surface area contributed by atoms with Gasteiger partial charge in [0.2, 0.25) is 29.8 Å². The minimum Gasteiger partial charge on any atom is -1.00 e. The third kappa shape index (κ3) is 15.4. The van der Waals surface area contributed by atoms with Crippen LogP contribution in [-0.4, -0.2) is 41.0 Å². The second-order valence-corrected chi connectivity index (χ2v) is 14.5. The Morgan fingerprint density at radius 2 is 1.24 bits per heavy atom. The number of halogens is 12. The fourth-order valence-electron chi connectivity index (χ4n) is 4.88. The Kier molecular flexibility index (Phi) is 19.4. The number of imidazole rings is 2. The molecule has 0 atom stereocenters. The van der Waals surface area contributed by atoms with Crippen LogP contribution in [0.1, 0.15) is 31.8 Å². The summed E-state index contributed by atoms with van der Waals surface area (Å²) in [6.45, 7) is 7.29. The first kappa shape index (κ1) is 51.3. The molecule has 0 saturated heterocycles. The summed E-state index contributed by atoms with van der Waals surface area (Å²) >= 11 is 9.34. The summed E-state index contributed by atoms with van der Waals surface area (Å²) < 4.78 is 122. The van der Waals surface area contributed by atoms with E-state index in [9.17, 15) is 44.7 Å². The van der Waals surface area contributed by atoms with Crippen molar-refractivity contribution >= 4 is 59.4 Å². The number of pyridine rings is 2. The van der Waals surface area contributed by atoms with E-state index in [1.807, 2.05) is 0 Å². The maximum atomic E-state index is 14.0. The summed E-state index contributed by atoms with van der Waals surface area (Å²) in [5.41, 5.74) is -3.44. The van der Waals surface area contributed by atoms with Crippen LogP contribution in [0.5, 0.6) is 23.3 Å². The van der Waals surface area contributed by atoms with E-state index in [0.29, 0.717) is 18.4 Å². The van der Waals surface area contributed by atoms with Crippen molar-refractivity contribution in [3.8, 4) is 23.3 Å². The number of carbonyl (C=O) groups excluding carboxylic acids is 2. The van der Waals surface area contributed by atoms with Gasteiger partial charge < -0.3 is 31.0 Å². The number of allylic oxidation sites excluding steroid dienone is 2. The van der Waals surface area contributed by atoms with Crippen molar-refractivity contribution in [2.45, 2.75) is 32.0 Å². The van der Waals surface area contributed by atoms with Crippen molar-refractivity contribution in [3.05, 3.63) is 167 Å². The zero-order valence-corrected chi connectivity index (χ0v) is 37.8. The second-order valence-electron chi connectivity index (χ2n) is 12.1. The molecule has 0 radical (unpaired) electrons. The van der Waals surface area contributed by atoms with Gasteiger partial charge in [-0.1, -0.05) is 66.5 Å². The van der Waals surface area contributed by atoms with Gasteiger partial charge in [-0.3, -0.25) is 9.59 Å². The van der Waals surface area contributed by atoms with E-state index >= 15 is 0 Å². The van der Waals surface area contributed by atoms with Crippen LogP contribution in [0.3, 0.4) is 0 Å². The summed E-state index contributed by atoms with van der Waals surface area (Å²) in [4.78, 5) is 35.0. The van der Waals surface area contributed by atoms with Crippen molar-refractivity contribution < 1.29 is 75.7 Å². The minimum atomic E-state index is -4.83. The molecule has 0 bridgehead atoms. The lowest BCUT2D eigenvalue weighted by atomic mass is 10.1. The van der Waals surface area contributed by atoms with Gasteiger partial charge in [0.1, 0.15) is 18.0 Å². The van der Waals surface area contributed by atoms with Crippen molar-refractivity contribution in [3.63, 3.8) is 0 Å². The highest BCUT2D eigenvalue weighted by Gasteiger charge is 2.37. The Hall–Kier alpha value is -5.06. The standard InChI is InChI=1S/C20H15BrF4N3O2.C14H8Br2F3NO2.C6H7FN2.BrH/c1-2-7-27-11-18(22)28(12-27)10-17(29)15-9-26-19(8-16(15)20(23,24)25)30-14-5-3-13(21)4-6-14;15-6-12(21)10-7-20-13(5-11(10)14(17,18)19)22-9-3-1-8(16)2-4-9;1-2-3-9-4-6(7)8-5-9;/h2-6,8-9,11-12H,1,7,10H2;1-5,7H,6H2;2,4-5H,1,3H2;1H/q+1;;;/p-1. The quantitative estimate of drug-likeness (QED) is 0.0377. The highest BCUT2D eigenvalue weighted by molar-refractivity contribution is 9.10. The Balaban J connectivity index is 0.000000279. The molecule has 328 valence electrons. The molecule has 0 spiro atoms. The number of rotatable bonds is 13. The molecule has 0 fully saturated rings. The predicted molar refractivity (Wildman–Crippen MR) is 217 cm³/mol. The first-order chi connectivity index (χ1) is 28.8. The van der Waals surface area contributed by atoms with Crippen molar-refractivity contribution in [2.24, 2.45) is 0 Å². The van der Waals surface area contributed by atoms with Gasteiger partial charge in [0.25, 0.3) is 0 Å². The number of hydrogen-bond acceptors (Lipinski definition) is 7. The Morgan fingerprint density at radius 3 is 1.65 bits per heavy atom. The lowest BCUT2D eigenvalue weighted by molar-refractivity contribution is -0.687. The van der Waals surface area contributed by atoms with Gasteiger partial charge in [0, 0.05) is 45.6 Å². The van der Waals surface area contributed by atoms with Crippen LogP contribution in [0.2, 0.25) is 0 Å². The van der Waals surface area contributed by atoms with Crippen molar-refractivity contribution in [2.75, 3.05) is 5.33 Å². The largest absolute Gasteiger partial charge is 1.00 e. The number of alkyl halides is 7. The van der Waals surface area contributed by atoms with E-state index in [1.54, 1.807) is 59.2 Å². The third-order valence-corrected chi connectivity index (χ3v) is 9.16. The molecular weight excluding hydrogens is 1100 g/mol. The highest BCUT2D eigenvalue weighted by atomic mass is 79.9. The fourth-order valence-corrected chi connectivity index (χ4v) is 5.71. The molecule has 0 aliphatic heterocycles. The second kappa shape index (κ2) is 23.4. The normalized spacial score (nSPS) is 10.9. The zero-order valence-electron chi connectivity index (χ0n) is 31.5. The number of hydrogen-bond donors (Lipinski definition) is 0. The lowest BCUT2D eigenvalue weighted by Crippen LogP contribution is -3.00. The third-order valence-electron chi connectivity index (χ3n) is 7.59. The smallest absolute Gasteiger partial charge is 0.417 e. The first-order valence-electron chi connectivity index (χ1n) is 17.1. The van der Waals surface area contributed by atoms with Gasteiger partial charge in [-0.25, -0.2) is 19.5 Å². The number of nitrogens with zero attached hydrogens (tertiary/aromatic N) is 6. The summed E-state index contributed by atoms with van der Waals surface area (Å²) in [6.07, 6.45) is 0.506. The van der Waals surface area contributed by atoms with E-state index in [0.717, 1.165) is 38.2 Å². The van der Waals surface area contributed by atoms with Crippen LogP contribution in [0.25, 0.3) is 0 Å². The van der Waals surface area contributed by atoms with Crippen LogP contribution in [-0.2, 0) is 32.0 Å². The van der Waals surface area contributed by atoms with E-state index < -0.39 is 64.6 Å². The van der Waals surface area contributed by atoms with Gasteiger partial charge in [-0.15, -0.1) is 6.58 Å². The molecule has 62 heavy (non-hydrogen) atoms. The van der Waals surface area contributed by atoms with E-state index in [-0.39, 0.29) is 46.4 Å². The van der Waals surface area contributed by atoms with Gasteiger partial charge in [0.15, 0.2) is 18.5 Å². The van der Waals surface area contributed by atoms with Gasteiger partial charge in [0.05, 0.1) is 34.5 Å². The fraction of sp³-hybridized carbons (Fsp3) is 0.150. The molecule has 6 aromatic rings. The molecule has 6 rings (SSSR count). The molecule has 10 nitrogen and oxygen atoms in total. The van der Waals surface area contributed by atoms with Crippen LogP contribution >= 0.6 is 47.8 Å². The van der Waals surface area contributed by atoms with Gasteiger partial charge >= 0.3 is 18.3 Å². The Bertz CT molecular complexity index is 2460. The Morgan fingerprint density at radius 1 is 0.758 bits per heavy atom. The van der Waals surface area contributed by atoms with E-state index in [2.05, 4.69) is 75.9 Å². The monoisotopic (exact) mass is 1130 g/mol. The number of carbonyl (C=O) groups is 2. The highest BCUT2D eigenvalue weighted by Crippen LogP contribution is 2.36. The average Bonchev–Trinajstić information content (AvgIpc) is 3.79. The molecule has 4 aromatic heterocycles. The number of ether oxygens (including phenoxy) is 2. The predicted octanol–water partition coefficient (Wildman–Crippen LogP) is 8.40. The molecule has 0 saturated carbocycles. The van der Waals surface area contributed by atoms with Crippen LogP contribution in [0, 0.1) is 11.9 Å². The summed E-state index contributed by atoms with van der Waals surface area (Å²) in [7, 11) is 0. The summed E-state index contributed by atoms with van der Waals surface area (Å²) in [5.74, 6) is -2.79. The minimum absolute atomic E-state index is 0. The number of aromatic nitrogens is 6. The molecule has 0 N–H and O–H groups in total. The van der Waals surface area contributed by atoms with E-state index in [1.165, 1.54) is 29.5 Å². The maximum Gasteiger partial charge on any atom is 0.417 e. The number of ketones is 2. The van der Waals surface area contributed by atoms with E-state index in [4.69, 9.17) is 9.47 Å². The summed E-state index contributed by atoms with van der Waals surface area (Å²) in [6, 6.07) is 14.3. The van der Waals surface area contributed by atoms with Gasteiger partial charge in [-0.05, 0) is 48.5 Å². The SMILES string of the molecule is C=CC[n+]1cc(F)n(CC(=O)c2cnc(Oc3ccc(Br)cc3)cc2C(F)(F)F)c1.C=CCn1cnc(F)c1.O=C(CBr)c1cnc(Oc2ccc(Br)cc2)cc1C(F)(F)F.[Br-]. The van der Waals surface area contributed by atoms with Crippen LogP contribution in [0.4, 0.5) is 35.1 Å². The van der Waals surface area contributed by atoms with Crippen molar-refractivity contribution in [1.82, 2.24) is 24.1 Å². The number of Topliss-reactive ketones (excluding diaryl/α,β-unsaturated/α-hetero) is 2. The Labute approximate surface area is 384 Å². The number of benzene rings is 2. The zero-order chi connectivity index (χ0) is 44.9. The van der Waals surface area contributed by atoms with Gasteiger partial charge in [-0.2, -0.15) is 39.7 Å². The molecule has 0 aliphatic rings. The average molecular weight is 1130 g/mol. The molecule has 2 aromatic carbocycles. The topological polar surface area (TPSA) is 105 Å². The van der Waals surface area contributed by atoms with Crippen LogP contribution in [0.15, 0.2) is 132 Å². The molecule has 0 aliphatic carbocycles. The summed E-state index contributed by atoms with van der Waals surface area (Å²) in [5, 5.41) is -0.218.